The van der Waals surface area contributed by atoms with Crippen LogP contribution < -0.4 is 16.1 Å². The van der Waals surface area contributed by atoms with Crippen molar-refractivity contribution in [1.82, 2.24) is 24.4 Å². The third-order valence-corrected chi connectivity index (χ3v) is 7.71. The molecule has 1 fully saturated rings. The van der Waals surface area contributed by atoms with Gasteiger partial charge in [0.15, 0.2) is 0 Å². The van der Waals surface area contributed by atoms with Crippen molar-refractivity contribution in [3.8, 4) is 11.4 Å². The molecular weight excluding hydrogens is 488 g/mol. The van der Waals surface area contributed by atoms with Crippen LogP contribution in [0, 0.1) is 0 Å². The molecule has 0 amide bonds. The molecule has 0 bridgehead atoms. The van der Waals surface area contributed by atoms with Crippen molar-refractivity contribution >= 4 is 16.7 Å². The lowest BCUT2D eigenvalue weighted by molar-refractivity contribution is 0.248. The number of nitrogens with zero attached hydrogens (tertiary/aromatic N) is 4. The molecule has 0 atom stereocenters. The Bertz CT molecular complexity index is 1530. The molecule has 1 saturated heterocycles. The maximum absolute atomic E-state index is 12.5. The number of para-hydroxylation sites is 1. The smallest absolute Gasteiger partial charge is 0.328 e. The molecule has 0 radical (unpaired) electrons. The van der Waals surface area contributed by atoms with Crippen molar-refractivity contribution in [2.45, 2.75) is 65.5 Å². The number of anilines is 1. The molecule has 39 heavy (non-hydrogen) atoms. The summed E-state index contributed by atoms with van der Waals surface area (Å²) < 4.78 is 1.65. The Kier molecular flexibility index (Phi) is 7.75. The predicted octanol–water partition coefficient (Wildman–Crippen LogP) is 4.89. The van der Waals surface area contributed by atoms with Gasteiger partial charge in [0, 0.05) is 56.6 Å². The van der Waals surface area contributed by atoms with E-state index in [0.29, 0.717) is 18.7 Å². The summed E-state index contributed by atoms with van der Waals surface area (Å²) in [5.41, 5.74) is 5.69. The molecule has 0 spiro atoms. The van der Waals surface area contributed by atoms with Crippen LogP contribution in [-0.4, -0.2) is 50.6 Å². The van der Waals surface area contributed by atoms with Crippen LogP contribution in [0.25, 0.3) is 22.4 Å². The Labute approximate surface area is 229 Å². The van der Waals surface area contributed by atoms with E-state index in [4.69, 9.17) is 4.98 Å². The van der Waals surface area contributed by atoms with Crippen molar-refractivity contribution in [1.29, 1.82) is 0 Å². The van der Waals surface area contributed by atoms with Gasteiger partial charge in [-0.05, 0) is 29.5 Å². The molecule has 1 aliphatic heterocycles. The third kappa shape index (κ3) is 6.01. The average molecular weight is 529 g/mol. The van der Waals surface area contributed by atoms with Crippen LogP contribution in [0.5, 0.6) is 0 Å². The number of hydrogen-bond acceptors (Lipinski definition) is 5. The highest BCUT2D eigenvalue weighted by molar-refractivity contribution is 5.91. The molecule has 206 valence electrons. The Morgan fingerprint density at radius 2 is 1.67 bits per heavy atom. The normalized spacial score (nSPS) is 14.8. The zero-order valence-corrected chi connectivity index (χ0v) is 23.6. The van der Waals surface area contributed by atoms with Crippen LogP contribution >= 0.6 is 0 Å². The molecule has 5 rings (SSSR count). The standard InChI is InChI=1S/C31H40N6O2/c1-5-6-7-15-37-21-23(29(38)34-30(37)39)20-35-16-18-36(19-17-35)26-10-8-9-25-27(26)33-28(32-25)22-11-13-24(14-12-22)31(2,3)4/h8-14,21H,5-7,15-20H2,1-4H3,(H,32,33)(H,34,38,39). The van der Waals surface area contributed by atoms with Gasteiger partial charge >= 0.3 is 5.69 Å². The van der Waals surface area contributed by atoms with Gasteiger partial charge in [-0.3, -0.25) is 14.7 Å². The monoisotopic (exact) mass is 528 g/mol. The first-order chi connectivity index (χ1) is 18.7. The second-order valence-electron chi connectivity index (χ2n) is 11.7. The lowest BCUT2D eigenvalue weighted by Gasteiger charge is -2.36. The molecule has 4 aromatic rings. The fourth-order valence-electron chi connectivity index (χ4n) is 5.29. The number of piperazine rings is 1. The molecule has 3 heterocycles. The van der Waals surface area contributed by atoms with E-state index in [-0.39, 0.29) is 16.7 Å². The van der Waals surface area contributed by atoms with E-state index in [1.165, 1.54) is 5.56 Å². The van der Waals surface area contributed by atoms with E-state index >= 15 is 0 Å². The van der Waals surface area contributed by atoms with Crippen LogP contribution in [-0.2, 0) is 18.5 Å². The summed E-state index contributed by atoms with van der Waals surface area (Å²) in [5.74, 6) is 0.879. The van der Waals surface area contributed by atoms with E-state index in [1.807, 2.05) is 0 Å². The molecule has 0 aliphatic carbocycles. The molecule has 2 aromatic carbocycles. The van der Waals surface area contributed by atoms with Gasteiger partial charge in [-0.2, -0.15) is 0 Å². The van der Waals surface area contributed by atoms with Crippen molar-refractivity contribution < 1.29 is 0 Å². The van der Waals surface area contributed by atoms with Gasteiger partial charge in [-0.25, -0.2) is 9.78 Å². The number of rotatable bonds is 8. The summed E-state index contributed by atoms with van der Waals surface area (Å²) in [7, 11) is 0. The van der Waals surface area contributed by atoms with Gasteiger partial charge < -0.3 is 14.5 Å². The fraction of sp³-hybridized carbons (Fsp3) is 0.452. The zero-order valence-electron chi connectivity index (χ0n) is 23.6. The number of aromatic nitrogens is 4. The Balaban J connectivity index is 1.28. The summed E-state index contributed by atoms with van der Waals surface area (Å²) in [4.78, 5) is 40.4. The number of unbranched alkanes of at least 4 members (excludes halogenated alkanes) is 2. The number of aromatic amines is 2. The lowest BCUT2D eigenvalue weighted by atomic mass is 9.87. The molecule has 1 aliphatic rings. The van der Waals surface area contributed by atoms with E-state index in [2.05, 4.69) is 89.9 Å². The van der Waals surface area contributed by atoms with Crippen LogP contribution in [0.2, 0.25) is 0 Å². The number of hydrogen-bond donors (Lipinski definition) is 2. The van der Waals surface area contributed by atoms with E-state index in [0.717, 1.165) is 73.6 Å². The summed E-state index contributed by atoms with van der Waals surface area (Å²) in [5, 5.41) is 0. The van der Waals surface area contributed by atoms with E-state index < -0.39 is 0 Å². The molecule has 2 aromatic heterocycles. The molecule has 8 nitrogen and oxygen atoms in total. The van der Waals surface area contributed by atoms with Crippen molar-refractivity contribution in [3.05, 3.63) is 80.6 Å². The molecular formula is C31H40N6O2. The highest BCUT2D eigenvalue weighted by Gasteiger charge is 2.22. The first-order valence-corrected chi connectivity index (χ1v) is 14.1. The Hall–Kier alpha value is -3.65. The topological polar surface area (TPSA) is 90.0 Å². The summed E-state index contributed by atoms with van der Waals surface area (Å²) in [6.07, 6.45) is 4.84. The van der Waals surface area contributed by atoms with Crippen molar-refractivity contribution in [3.63, 3.8) is 0 Å². The van der Waals surface area contributed by atoms with Gasteiger partial charge in [0.25, 0.3) is 5.56 Å². The maximum atomic E-state index is 12.5. The minimum atomic E-state index is -0.318. The van der Waals surface area contributed by atoms with Crippen LogP contribution in [0.4, 0.5) is 5.69 Å². The second-order valence-corrected chi connectivity index (χ2v) is 11.7. The quantitative estimate of drug-likeness (QED) is 0.318. The SMILES string of the molecule is CCCCCn1cc(CN2CCN(c3cccc4[nH]c(-c5ccc(C(C)(C)C)cc5)nc34)CC2)c(=O)[nH]c1=O. The van der Waals surface area contributed by atoms with Crippen molar-refractivity contribution in [2.24, 2.45) is 0 Å². The summed E-state index contributed by atoms with van der Waals surface area (Å²) >= 11 is 0. The predicted molar refractivity (Wildman–Crippen MR) is 159 cm³/mol. The molecule has 0 unspecified atom stereocenters. The number of aryl methyl sites for hydroxylation is 1. The van der Waals surface area contributed by atoms with Crippen LogP contribution in [0.15, 0.2) is 58.3 Å². The molecule has 8 heteroatoms. The van der Waals surface area contributed by atoms with E-state index in [1.54, 1.807) is 10.8 Å². The molecule has 0 saturated carbocycles. The number of fused-ring (bicyclic) bond motifs is 1. The maximum Gasteiger partial charge on any atom is 0.328 e. The lowest BCUT2D eigenvalue weighted by Crippen LogP contribution is -2.47. The van der Waals surface area contributed by atoms with E-state index in [9.17, 15) is 9.59 Å². The first-order valence-electron chi connectivity index (χ1n) is 14.1. The number of nitrogens with one attached hydrogen (secondary N) is 2. The van der Waals surface area contributed by atoms with Gasteiger partial charge in [-0.1, -0.05) is 70.9 Å². The largest absolute Gasteiger partial charge is 0.367 e. The van der Waals surface area contributed by atoms with Gasteiger partial charge in [0.2, 0.25) is 0 Å². The molecule has 2 N–H and O–H groups in total. The Morgan fingerprint density at radius 3 is 2.36 bits per heavy atom. The number of benzene rings is 2. The third-order valence-electron chi connectivity index (χ3n) is 7.71. The summed E-state index contributed by atoms with van der Waals surface area (Å²) in [6.45, 7) is 13.3. The fourth-order valence-corrected chi connectivity index (χ4v) is 5.29. The van der Waals surface area contributed by atoms with Gasteiger partial charge in [-0.15, -0.1) is 0 Å². The van der Waals surface area contributed by atoms with Gasteiger partial charge in [0.1, 0.15) is 11.3 Å². The van der Waals surface area contributed by atoms with Crippen molar-refractivity contribution in [2.75, 3.05) is 31.1 Å². The first kappa shape index (κ1) is 26.9. The minimum absolute atomic E-state index is 0.116. The Morgan fingerprint density at radius 1 is 0.923 bits per heavy atom. The zero-order chi connectivity index (χ0) is 27.6. The highest BCUT2D eigenvalue weighted by atomic mass is 16.2. The van der Waals surface area contributed by atoms with Crippen LogP contribution in [0.3, 0.4) is 0 Å². The highest BCUT2D eigenvalue weighted by Crippen LogP contribution is 2.30. The van der Waals surface area contributed by atoms with Crippen LogP contribution in [0.1, 0.15) is 58.1 Å². The number of imidazole rings is 1. The second kappa shape index (κ2) is 11.2. The minimum Gasteiger partial charge on any atom is -0.367 e. The average Bonchev–Trinajstić information content (AvgIpc) is 3.36. The van der Waals surface area contributed by atoms with Gasteiger partial charge in [0.05, 0.1) is 11.2 Å². The summed E-state index contributed by atoms with van der Waals surface area (Å²) in [6, 6.07) is 15.0. The number of H-pyrrole nitrogens is 2.